The Labute approximate surface area is 269 Å². The van der Waals surface area contributed by atoms with Gasteiger partial charge in [-0.05, 0) is 50.4 Å². The average molecular weight is 615 g/mol. The van der Waals surface area contributed by atoms with Gasteiger partial charge in [-0.1, -0.05) is 131 Å². The minimum absolute atomic E-state index is 0.0802. The van der Waals surface area contributed by atoms with Crippen LogP contribution in [0.4, 0.5) is 0 Å². The van der Waals surface area contributed by atoms with E-state index in [2.05, 4.69) is 41.5 Å². The van der Waals surface area contributed by atoms with Crippen molar-refractivity contribution in [1.82, 2.24) is 9.80 Å². The molecule has 1 aliphatic carbocycles. The largest absolute Gasteiger partial charge is 0.282 e. The summed E-state index contributed by atoms with van der Waals surface area (Å²) in [6, 6.07) is 0. The number of nitrogens with zero attached hydrogens (tertiary/aromatic N) is 2. The molecule has 44 heavy (non-hydrogen) atoms. The Morgan fingerprint density at radius 2 is 1.02 bits per heavy atom. The van der Waals surface area contributed by atoms with Gasteiger partial charge in [0.1, 0.15) is 0 Å². The number of rotatable bonds is 22. The van der Waals surface area contributed by atoms with Crippen LogP contribution in [0.25, 0.3) is 0 Å². The number of fused-ring (bicyclic) bond motifs is 2. The lowest BCUT2D eigenvalue weighted by Gasteiger charge is -2.40. The summed E-state index contributed by atoms with van der Waals surface area (Å²) in [6.07, 6.45) is 20.9. The van der Waals surface area contributed by atoms with E-state index in [1.54, 1.807) is 4.90 Å². The second kappa shape index (κ2) is 17.8. The first-order chi connectivity index (χ1) is 21.1. The normalized spacial score (nSPS) is 24.5. The van der Waals surface area contributed by atoms with Gasteiger partial charge in [0.25, 0.3) is 0 Å². The second-order valence-corrected chi connectivity index (χ2v) is 15.1. The molecule has 0 bridgehead atoms. The van der Waals surface area contributed by atoms with E-state index in [-0.39, 0.29) is 23.6 Å². The summed E-state index contributed by atoms with van der Waals surface area (Å²) < 4.78 is 0. The van der Waals surface area contributed by atoms with E-state index in [1.165, 1.54) is 69.1 Å². The third kappa shape index (κ3) is 8.96. The number of unbranched alkanes of at least 4 members (excludes halogenated alkanes) is 10. The van der Waals surface area contributed by atoms with E-state index in [0.29, 0.717) is 19.4 Å². The number of hydrogen-bond donors (Lipinski definition) is 0. The molecule has 6 heteroatoms. The topological polar surface area (TPSA) is 74.8 Å². The molecule has 6 nitrogen and oxygen atoms in total. The van der Waals surface area contributed by atoms with E-state index >= 15 is 0 Å². The molecule has 2 aliphatic heterocycles. The summed E-state index contributed by atoms with van der Waals surface area (Å²) in [5.74, 6) is -0.554. The van der Waals surface area contributed by atoms with Crippen LogP contribution in [0.15, 0.2) is 0 Å². The quantitative estimate of drug-likeness (QED) is 0.0900. The van der Waals surface area contributed by atoms with Gasteiger partial charge < -0.3 is 0 Å². The van der Waals surface area contributed by atoms with E-state index in [9.17, 15) is 19.2 Å². The van der Waals surface area contributed by atoms with E-state index in [1.807, 2.05) is 0 Å². The van der Waals surface area contributed by atoms with Gasteiger partial charge in [-0.3, -0.25) is 29.0 Å². The molecule has 0 spiro atoms. The molecule has 0 aromatic rings. The molecule has 4 amide bonds. The van der Waals surface area contributed by atoms with Crippen molar-refractivity contribution in [2.45, 2.75) is 175 Å². The molecular formula is C38H66N2O4. The molecule has 3 aliphatic rings. The molecule has 0 N–H and O–H groups in total. The highest BCUT2D eigenvalue weighted by molar-refractivity contribution is 6.09. The first kappa shape index (κ1) is 36.7. The third-order valence-corrected chi connectivity index (χ3v) is 11.7. The van der Waals surface area contributed by atoms with Crippen LogP contribution in [-0.4, -0.2) is 45.5 Å². The van der Waals surface area contributed by atoms with Gasteiger partial charge in [-0.15, -0.1) is 0 Å². The predicted molar refractivity (Wildman–Crippen MR) is 179 cm³/mol. The maximum absolute atomic E-state index is 13.9. The lowest BCUT2D eigenvalue weighted by Crippen LogP contribution is -2.51. The Bertz CT molecular complexity index is 899. The Morgan fingerprint density at radius 3 is 1.50 bits per heavy atom. The molecule has 252 valence electrons. The van der Waals surface area contributed by atoms with Gasteiger partial charge >= 0.3 is 0 Å². The van der Waals surface area contributed by atoms with Gasteiger partial charge in [-0.25, -0.2) is 0 Å². The maximum Gasteiger partial charge on any atom is 0.233 e. The summed E-state index contributed by atoms with van der Waals surface area (Å²) in [5, 5.41) is 0. The number of carbonyl (C=O) groups excluding carboxylic acids is 4. The number of imide groups is 2. The van der Waals surface area contributed by atoms with Crippen LogP contribution >= 0.6 is 0 Å². The standard InChI is InChI=1S/C38H66N2O4/c1-7-29(6)23-19-15-10-12-16-20-24-38(8-2,9-3)40-36(43)32-26-30-31(27-33(32)37(40)44)35(42)39(34(30)41)25-21-17-13-11-14-18-22-28(4)5/h28-33H,7-27H2,1-6H3. The fourth-order valence-electron chi connectivity index (χ4n) is 8.35. The van der Waals surface area contributed by atoms with Crippen LogP contribution in [0.3, 0.4) is 0 Å². The summed E-state index contributed by atoms with van der Waals surface area (Å²) >= 11 is 0. The van der Waals surface area contributed by atoms with Crippen LogP contribution in [-0.2, 0) is 19.2 Å². The third-order valence-electron chi connectivity index (χ3n) is 11.7. The molecule has 0 aromatic heterocycles. The van der Waals surface area contributed by atoms with Crippen molar-refractivity contribution in [3.63, 3.8) is 0 Å². The molecule has 5 unspecified atom stereocenters. The number of likely N-dealkylation sites (tertiary alicyclic amines) is 2. The molecule has 3 fully saturated rings. The van der Waals surface area contributed by atoms with Crippen LogP contribution in [0.1, 0.15) is 170 Å². The minimum Gasteiger partial charge on any atom is -0.282 e. The molecule has 0 radical (unpaired) electrons. The SMILES string of the molecule is CCC(C)CCCCCCCCC(CC)(CC)N1C(=O)C2CC3C(=O)N(CCCCCCCCC(C)C)C(=O)C3CC2C1=O. The van der Waals surface area contributed by atoms with Crippen molar-refractivity contribution in [2.75, 3.05) is 6.54 Å². The van der Waals surface area contributed by atoms with Gasteiger partial charge in [-0.2, -0.15) is 0 Å². The van der Waals surface area contributed by atoms with Gasteiger partial charge in [0, 0.05) is 6.54 Å². The predicted octanol–water partition coefficient (Wildman–Crippen LogP) is 9.10. The Hall–Kier alpha value is -1.72. The molecule has 2 heterocycles. The van der Waals surface area contributed by atoms with E-state index in [4.69, 9.17) is 0 Å². The minimum atomic E-state index is -0.452. The van der Waals surface area contributed by atoms with Gasteiger partial charge in [0.05, 0.1) is 29.2 Å². The lowest BCUT2D eigenvalue weighted by atomic mass is 9.70. The van der Waals surface area contributed by atoms with Crippen LogP contribution in [0, 0.1) is 35.5 Å². The van der Waals surface area contributed by atoms with Gasteiger partial charge in [0.2, 0.25) is 23.6 Å². The Kier molecular flexibility index (Phi) is 14.9. The zero-order valence-corrected chi connectivity index (χ0v) is 29.3. The van der Waals surface area contributed by atoms with Crippen molar-refractivity contribution in [3.05, 3.63) is 0 Å². The fourth-order valence-corrected chi connectivity index (χ4v) is 8.35. The van der Waals surface area contributed by atoms with E-state index in [0.717, 1.165) is 63.2 Å². The first-order valence-corrected chi connectivity index (χ1v) is 18.8. The highest BCUT2D eigenvalue weighted by atomic mass is 16.2. The van der Waals surface area contributed by atoms with E-state index < -0.39 is 29.2 Å². The number of hydrogen-bond acceptors (Lipinski definition) is 4. The Balaban J connectivity index is 1.50. The average Bonchev–Trinajstić information content (AvgIpc) is 3.40. The Morgan fingerprint density at radius 1 is 0.591 bits per heavy atom. The molecular weight excluding hydrogens is 548 g/mol. The van der Waals surface area contributed by atoms with Crippen molar-refractivity contribution >= 4 is 23.6 Å². The fraction of sp³-hybridized carbons (Fsp3) is 0.895. The van der Waals surface area contributed by atoms with Crippen LogP contribution in [0.5, 0.6) is 0 Å². The monoisotopic (exact) mass is 615 g/mol. The second-order valence-electron chi connectivity index (χ2n) is 15.1. The molecule has 0 aromatic carbocycles. The maximum atomic E-state index is 13.9. The lowest BCUT2D eigenvalue weighted by molar-refractivity contribution is -0.148. The molecule has 5 atom stereocenters. The van der Waals surface area contributed by atoms with Crippen LogP contribution < -0.4 is 0 Å². The summed E-state index contributed by atoms with van der Waals surface area (Å²) in [5.41, 5.74) is -0.452. The molecule has 3 rings (SSSR count). The molecule has 1 saturated carbocycles. The van der Waals surface area contributed by atoms with Gasteiger partial charge in [0.15, 0.2) is 0 Å². The zero-order chi connectivity index (χ0) is 32.3. The zero-order valence-electron chi connectivity index (χ0n) is 29.3. The summed E-state index contributed by atoms with van der Waals surface area (Å²) in [6.45, 7) is 13.8. The highest BCUT2D eigenvalue weighted by Crippen LogP contribution is 2.50. The highest BCUT2D eigenvalue weighted by Gasteiger charge is 2.61. The van der Waals surface area contributed by atoms with Crippen molar-refractivity contribution < 1.29 is 19.2 Å². The van der Waals surface area contributed by atoms with Crippen molar-refractivity contribution in [2.24, 2.45) is 35.5 Å². The van der Waals surface area contributed by atoms with Crippen molar-refractivity contribution in [3.8, 4) is 0 Å². The smallest absolute Gasteiger partial charge is 0.233 e. The summed E-state index contributed by atoms with van der Waals surface area (Å²) in [7, 11) is 0. The first-order valence-electron chi connectivity index (χ1n) is 18.8. The van der Waals surface area contributed by atoms with Crippen LogP contribution in [0.2, 0.25) is 0 Å². The van der Waals surface area contributed by atoms with Crippen molar-refractivity contribution in [1.29, 1.82) is 0 Å². The number of carbonyl (C=O) groups is 4. The number of amides is 4. The molecule has 2 saturated heterocycles. The summed E-state index contributed by atoms with van der Waals surface area (Å²) in [4.78, 5) is 57.7.